The van der Waals surface area contributed by atoms with Crippen LogP contribution in [0.25, 0.3) is 10.8 Å². The van der Waals surface area contributed by atoms with Crippen LogP contribution < -0.4 is 10.6 Å². The average Bonchev–Trinajstić information content (AvgIpc) is 2.97. The van der Waals surface area contributed by atoms with E-state index < -0.39 is 0 Å². The van der Waals surface area contributed by atoms with E-state index in [9.17, 15) is 10.1 Å². The zero-order valence-corrected chi connectivity index (χ0v) is 11.0. The predicted octanol–water partition coefficient (Wildman–Crippen LogP) is 2.31. The van der Waals surface area contributed by atoms with Crippen molar-refractivity contribution in [3.05, 3.63) is 40.7 Å². The number of nitrogens with one attached hydrogen (secondary N) is 2. The minimum Gasteiger partial charge on any atom is -0.383 e. The van der Waals surface area contributed by atoms with Crippen molar-refractivity contribution >= 4 is 22.1 Å². The van der Waals surface area contributed by atoms with Crippen molar-refractivity contribution in [2.45, 2.75) is 18.9 Å². The summed E-state index contributed by atoms with van der Waals surface area (Å²) in [6.45, 7) is 1.90. The summed E-state index contributed by atoms with van der Waals surface area (Å²) in [5.41, 5.74) is 1.01. The number of nitro benzene ring substituents is 1. The second kappa shape index (κ2) is 5.42. The van der Waals surface area contributed by atoms with Crippen LogP contribution in [0.5, 0.6) is 0 Å². The molecular weight excluding hydrogens is 256 g/mol. The SMILES string of the molecule is O=[N+]([O-])c1ccc(NCC2CCCN2)c2ccncc12. The molecule has 0 bridgehead atoms. The van der Waals surface area contributed by atoms with E-state index in [1.54, 1.807) is 18.5 Å². The molecular formula is C14H16N4O2. The lowest BCUT2D eigenvalue weighted by Crippen LogP contribution is -2.29. The van der Waals surface area contributed by atoms with Gasteiger partial charge in [0.2, 0.25) is 0 Å². The Morgan fingerprint density at radius 3 is 3.05 bits per heavy atom. The number of non-ortho nitro benzene ring substituents is 1. The van der Waals surface area contributed by atoms with Gasteiger partial charge in [-0.25, -0.2) is 0 Å². The number of hydrogen-bond donors (Lipinski definition) is 2. The summed E-state index contributed by atoms with van der Waals surface area (Å²) in [5, 5.41) is 19.3. The third-order valence-electron chi connectivity index (χ3n) is 3.69. The number of hydrogen-bond acceptors (Lipinski definition) is 5. The first kappa shape index (κ1) is 12.8. The molecule has 1 saturated heterocycles. The number of nitrogens with zero attached hydrogens (tertiary/aromatic N) is 2. The summed E-state index contributed by atoms with van der Waals surface area (Å²) < 4.78 is 0. The quantitative estimate of drug-likeness (QED) is 0.659. The van der Waals surface area contributed by atoms with Gasteiger partial charge in [0.15, 0.2) is 0 Å². The molecule has 1 atom stereocenters. The summed E-state index contributed by atoms with van der Waals surface area (Å²) in [5.74, 6) is 0. The first-order valence-electron chi connectivity index (χ1n) is 6.74. The molecule has 6 heteroatoms. The maximum atomic E-state index is 11.0. The van der Waals surface area contributed by atoms with Crippen LogP contribution in [0.2, 0.25) is 0 Å². The van der Waals surface area contributed by atoms with Gasteiger partial charge in [-0.1, -0.05) is 0 Å². The van der Waals surface area contributed by atoms with E-state index in [1.807, 2.05) is 6.07 Å². The van der Waals surface area contributed by atoms with E-state index in [0.717, 1.165) is 24.2 Å². The molecule has 104 valence electrons. The minimum atomic E-state index is -0.369. The molecule has 2 N–H and O–H groups in total. The van der Waals surface area contributed by atoms with Crippen LogP contribution in [0.3, 0.4) is 0 Å². The monoisotopic (exact) mass is 272 g/mol. The van der Waals surface area contributed by atoms with Gasteiger partial charge in [-0.2, -0.15) is 0 Å². The summed E-state index contributed by atoms with van der Waals surface area (Å²) in [4.78, 5) is 14.7. The van der Waals surface area contributed by atoms with Crippen molar-refractivity contribution in [3.8, 4) is 0 Å². The molecule has 0 spiro atoms. The Bertz CT molecular complexity index is 638. The van der Waals surface area contributed by atoms with Gasteiger partial charge in [0.25, 0.3) is 5.69 Å². The number of benzene rings is 1. The van der Waals surface area contributed by atoms with Gasteiger partial charge in [-0.15, -0.1) is 0 Å². The predicted molar refractivity (Wildman–Crippen MR) is 77.9 cm³/mol. The van der Waals surface area contributed by atoms with Crippen LogP contribution in [-0.4, -0.2) is 29.0 Å². The number of anilines is 1. The Hall–Kier alpha value is -2.21. The van der Waals surface area contributed by atoms with E-state index in [-0.39, 0.29) is 10.6 Å². The molecule has 3 rings (SSSR count). The summed E-state index contributed by atoms with van der Waals surface area (Å²) in [7, 11) is 0. The molecule has 1 aliphatic rings. The van der Waals surface area contributed by atoms with Gasteiger partial charge >= 0.3 is 0 Å². The zero-order chi connectivity index (χ0) is 13.9. The lowest BCUT2D eigenvalue weighted by molar-refractivity contribution is -0.383. The van der Waals surface area contributed by atoms with Crippen molar-refractivity contribution < 1.29 is 4.92 Å². The third kappa shape index (κ3) is 2.42. The standard InChI is InChI=1S/C14H16N4O2/c19-18(20)14-4-3-13(11-5-7-15-9-12(11)14)17-8-10-2-1-6-16-10/h3-5,7,9-10,16-17H,1-2,6,8H2. The zero-order valence-electron chi connectivity index (χ0n) is 11.0. The molecule has 1 aliphatic heterocycles. The fourth-order valence-corrected chi connectivity index (χ4v) is 2.65. The maximum Gasteiger partial charge on any atom is 0.278 e. The molecule has 1 aromatic carbocycles. The molecule has 0 amide bonds. The molecule has 0 saturated carbocycles. The van der Waals surface area contributed by atoms with E-state index in [2.05, 4.69) is 15.6 Å². The highest BCUT2D eigenvalue weighted by molar-refractivity contribution is 5.99. The van der Waals surface area contributed by atoms with Gasteiger partial charge in [-0.05, 0) is 31.5 Å². The van der Waals surface area contributed by atoms with Gasteiger partial charge in [-0.3, -0.25) is 15.1 Å². The van der Waals surface area contributed by atoms with Crippen LogP contribution in [0.4, 0.5) is 11.4 Å². The van der Waals surface area contributed by atoms with E-state index >= 15 is 0 Å². The molecule has 1 fully saturated rings. The van der Waals surface area contributed by atoms with Crippen LogP contribution in [-0.2, 0) is 0 Å². The molecule has 6 nitrogen and oxygen atoms in total. The van der Waals surface area contributed by atoms with Crippen molar-refractivity contribution in [2.75, 3.05) is 18.4 Å². The van der Waals surface area contributed by atoms with Crippen molar-refractivity contribution in [2.24, 2.45) is 0 Å². The summed E-state index contributed by atoms with van der Waals surface area (Å²) in [6, 6.07) is 5.60. The van der Waals surface area contributed by atoms with Gasteiger partial charge in [0.05, 0.1) is 10.3 Å². The number of aromatic nitrogens is 1. The van der Waals surface area contributed by atoms with E-state index in [0.29, 0.717) is 11.4 Å². The summed E-state index contributed by atoms with van der Waals surface area (Å²) >= 11 is 0. The Balaban J connectivity index is 1.91. The Kier molecular flexibility index (Phi) is 3.47. The Morgan fingerprint density at radius 2 is 2.30 bits per heavy atom. The van der Waals surface area contributed by atoms with Gasteiger partial charge < -0.3 is 10.6 Å². The molecule has 0 aliphatic carbocycles. The average molecular weight is 272 g/mol. The largest absolute Gasteiger partial charge is 0.383 e. The number of pyridine rings is 1. The van der Waals surface area contributed by atoms with Crippen LogP contribution in [0.1, 0.15) is 12.8 Å². The highest BCUT2D eigenvalue weighted by atomic mass is 16.6. The second-order valence-electron chi connectivity index (χ2n) is 4.98. The molecule has 2 aromatic rings. The number of rotatable bonds is 4. The lowest BCUT2D eigenvalue weighted by Gasteiger charge is -2.14. The first-order valence-corrected chi connectivity index (χ1v) is 6.74. The fourth-order valence-electron chi connectivity index (χ4n) is 2.65. The topological polar surface area (TPSA) is 80.1 Å². The molecule has 0 radical (unpaired) electrons. The minimum absolute atomic E-state index is 0.0950. The second-order valence-corrected chi connectivity index (χ2v) is 4.98. The van der Waals surface area contributed by atoms with Crippen molar-refractivity contribution in [3.63, 3.8) is 0 Å². The Morgan fingerprint density at radius 1 is 1.40 bits per heavy atom. The highest BCUT2D eigenvalue weighted by Crippen LogP contribution is 2.30. The van der Waals surface area contributed by atoms with Crippen LogP contribution in [0, 0.1) is 10.1 Å². The smallest absolute Gasteiger partial charge is 0.278 e. The molecule has 20 heavy (non-hydrogen) atoms. The number of nitro groups is 1. The normalized spacial score (nSPS) is 18.3. The number of fused-ring (bicyclic) bond motifs is 1. The fraction of sp³-hybridized carbons (Fsp3) is 0.357. The Labute approximate surface area is 116 Å². The van der Waals surface area contributed by atoms with Crippen molar-refractivity contribution in [1.82, 2.24) is 10.3 Å². The van der Waals surface area contributed by atoms with Crippen LogP contribution >= 0.6 is 0 Å². The van der Waals surface area contributed by atoms with Gasteiger partial charge in [0.1, 0.15) is 0 Å². The molecule has 1 unspecified atom stereocenters. The third-order valence-corrected chi connectivity index (χ3v) is 3.69. The van der Waals surface area contributed by atoms with Crippen molar-refractivity contribution in [1.29, 1.82) is 0 Å². The highest BCUT2D eigenvalue weighted by Gasteiger charge is 2.16. The van der Waals surface area contributed by atoms with E-state index in [4.69, 9.17) is 0 Å². The maximum absolute atomic E-state index is 11.0. The van der Waals surface area contributed by atoms with E-state index in [1.165, 1.54) is 18.9 Å². The molecule has 1 aromatic heterocycles. The lowest BCUT2D eigenvalue weighted by atomic mass is 10.1. The van der Waals surface area contributed by atoms with Gasteiger partial charge in [0, 0.05) is 42.1 Å². The van der Waals surface area contributed by atoms with Crippen LogP contribution in [0.15, 0.2) is 30.6 Å². The molecule has 2 heterocycles. The first-order chi connectivity index (χ1) is 9.75. The summed E-state index contributed by atoms with van der Waals surface area (Å²) in [6.07, 6.45) is 5.58.